The number of hydrogen-bond donors (Lipinski definition) is 1. The third-order valence-electron chi connectivity index (χ3n) is 4.94. The fourth-order valence-corrected chi connectivity index (χ4v) is 4.97. The van der Waals surface area contributed by atoms with Gasteiger partial charge in [0.05, 0.1) is 16.7 Å². The minimum atomic E-state index is -0.464. The molecule has 2 aliphatic heterocycles. The number of rotatable bonds is 10. The van der Waals surface area contributed by atoms with E-state index in [0.717, 1.165) is 23.6 Å². The van der Waals surface area contributed by atoms with E-state index < -0.39 is 5.91 Å². The Labute approximate surface area is 216 Å². The molecule has 2 aliphatic rings. The number of carbonyl (C=O) groups is 1. The maximum atomic E-state index is 12.7. The number of amides is 1. The summed E-state index contributed by atoms with van der Waals surface area (Å²) >= 11 is 4.89. The van der Waals surface area contributed by atoms with Gasteiger partial charge in [-0.2, -0.15) is 15.1 Å². The number of hydrazone groups is 1. The Morgan fingerprint density at radius 2 is 1.89 bits per heavy atom. The minimum Gasteiger partial charge on any atom is -0.490 e. The van der Waals surface area contributed by atoms with E-state index in [2.05, 4.69) is 32.9 Å². The van der Waals surface area contributed by atoms with Crippen LogP contribution in [0.4, 0.5) is 0 Å². The smallest absolute Gasteiger partial charge is 0.283 e. The minimum absolute atomic E-state index is 0.00562. The molecule has 2 heterocycles. The van der Waals surface area contributed by atoms with Crippen molar-refractivity contribution in [2.24, 2.45) is 10.1 Å². The fourth-order valence-electron chi connectivity index (χ4n) is 3.41. The molecule has 182 valence electrons. The quantitative estimate of drug-likeness (QED) is 0.296. The first-order chi connectivity index (χ1) is 17.0. The molecule has 2 aromatic rings. The van der Waals surface area contributed by atoms with E-state index in [-0.39, 0.29) is 11.4 Å². The summed E-state index contributed by atoms with van der Waals surface area (Å²) in [5.41, 5.74) is 0.833. The highest BCUT2D eigenvalue weighted by molar-refractivity contribution is 9.10. The number of hydrogen-bond acceptors (Lipinski definition) is 7. The average Bonchev–Trinajstić information content (AvgIpc) is 3.24. The zero-order chi connectivity index (χ0) is 24.8. The van der Waals surface area contributed by atoms with Gasteiger partial charge in [-0.3, -0.25) is 10.2 Å². The molecule has 8 nitrogen and oxygen atoms in total. The van der Waals surface area contributed by atoms with Crippen molar-refractivity contribution in [1.29, 1.82) is 5.41 Å². The molecule has 1 amide bonds. The number of carbonyl (C=O) groups excluding carboxylic acids is 1. The van der Waals surface area contributed by atoms with Gasteiger partial charge in [0.2, 0.25) is 5.17 Å². The molecular weight excluding hydrogens is 532 g/mol. The van der Waals surface area contributed by atoms with Gasteiger partial charge in [-0.15, -0.1) is 0 Å². The summed E-state index contributed by atoms with van der Waals surface area (Å²) in [5, 5.41) is 15.7. The summed E-state index contributed by atoms with van der Waals surface area (Å²) in [6.07, 6.45) is 3.33. The molecule has 0 saturated carbocycles. The highest BCUT2D eigenvalue weighted by atomic mass is 79.9. The summed E-state index contributed by atoms with van der Waals surface area (Å²) in [4.78, 5) is 16.8. The Balaban J connectivity index is 1.52. The van der Waals surface area contributed by atoms with Crippen molar-refractivity contribution in [3.05, 3.63) is 58.1 Å². The van der Waals surface area contributed by atoms with Crippen molar-refractivity contribution >= 4 is 55.7 Å². The van der Waals surface area contributed by atoms with Crippen molar-refractivity contribution in [3.8, 4) is 17.2 Å². The van der Waals surface area contributed by atoms with E-state index in [4.69, 9.17) is 19.6 Å². The van der Waals surface area contributed by atoms with E-state index >= 15 is 0 Å². The van der Waals surface area contributed by atoms with Gasteiger partial charge in [-0.1, -0.05) is 25.1 Å². The molecule has 0 aromatic heterocycles. The molecule has 2 aromatic carbocycles. The van der Waals surface area contributed by atoms with Crippen LogP contribution in [-0.2, 0) is 4.79 Å². The molecule has 0 fully saturated rings. The topological polar surface area (TPSA) is 96.6 Å². The number of ether oxygens (including phenoxy) is 3. The van der Waals surface area contributed by atoms with E-state index in [1.54, 1.807) is 12.1 Å². The van der Waals surface area contributed by atoms with Crippen molar-refractivity contribution in [2.45, 2.75) is 26.7 Å². The molecule has 0 unspecified atom stereocenters. The second-order valence-corrected chi connectivity index (χ2v) is 9.43. The number of nitrogens with one attached hydrogen (secondary N) is 1. The number of para-hydroxylation sites is 1. The maximum absolute atomic E-state index is 12.7. The van der Waals surface area contributed by atoms with E-state index in [0.29, 0.717) is 46.5 Å². The highest BCUT2D eigenvalue weighted by Crippen LogP contribution is 2.38. The predicted molar refractivity (Wildman–Crippen MR) is 143 cm³/mol. The maximum Gasteiger partial charge on any atom is 0.283 e. The van der Waals surface area contributed by atoms with Gasteiger partial charge in [0.25, 0.3) is 5.91 Å². The summed E-state index contributed by atoms with van der Waals surface area (Å²) in [6.45, 7) is 5.07. The normalized spacial score (nSPS) is 16.2. The lowest BCUT2D eigenvalue weighted by Gasteiger charge is -2.20. The van der Waals surface area contributed by atoms with E-state index in [1.807, 2.05) is 43.3 Å². The number of fused-ring (bicyclic) bond motifs is 1. The summed E-state index contributed by atoms with van der Waals surface area (Å²) in [5.74, 6) is 1.38. The average molecular weight is 557 g/mol. The summed E-state index contributed by atoms with van der Waals surface area (Å²) < 4.78 is 18.1. The van der Waals surface area contributed by atoms with Crippen LogP contribution in [0.15, 0.2) is 62.6 Å². The molecule has 10 heteroatoms. The van der Waals surface area contributed by atoms with Crippen LogP contribution < -0.4 is 14.2 Å². The van der Waals surface area contributed by atoms with Gasteiger partial charge in [0.1, 0.15) is 24.0 Å². The lowest BCUT2D eigenvalue weighted by atomic mass is 10.1. The van der Waals surface area contributed by atoms with Crippen LogP contribution in [-0.4, -0.2) is 46.8 Å². The van der Waals surface area contributed by atoms with Gasteiger partial charge >= 0.3 is 0 Å². The molecule has 4 rings (SSSR count). The van der Waals surface area contributed by atoms with Crippen LogP contribution in [0.25, 0.3) is 6.08 Å². The second kappa shape index (κ2) is 11.5. The molecule has 0 aliphatic carbocycles. The zero-order valence-corrected chi connectivity index (χ0v) is 21.8. The fraction of sp³-hybridized carbons (Fsp3) is 0.280. The van der Waals surface area contributed by atoms with Crippen molar-refractivity contribution in [1.82, 2.24) is 5.01 Å². The lowest BCUT2D eigenvalue weighted by molar-refractivity contribution is -0.114. The number of benzene rings is 2. The number of thioether (sulfide) groups is 1. The van der Waals surface area contributed by atoms with Crippen molar-refractivity contribution in [2.75, 3.05) is 19.8 Å². The SMILES string of the molecule is CCCC1=NN2C(=N)/C(=C/c3cc(Br)c(OCCOc4ccccc4)c(OCC)c3)C(=O)N=C2S1. The Bertz CT molecular complexity index is 1210. The molecule has 0 atom stereocenters. The van der Waals surface area contributed by atoms with Crippen LogP contribution in [0.5, 0.6) is 17.2 Å². The summed E-state index contributed by atoms with van der Waals surface area (Å²) in [6, 6.07) is 13.1. The van der Waals surface area contributed by atoms with Gasteiger partial charge < -0.3 is 14.2 Å². The predicted octanol–water partition coefficient (Wildman–Crippen LogP) is 5.72. The van der Waals surface area contributed by atoms with Crippen molar-refractivity contribution < 1.29 is 19.0 Å². The van der Waals surface area contributed by atoms with E-state index in [1.165, 1.54) is 16.8 Å². The number of amidine groups is 2. The van der Waals surface area contributed by atoms with Crippen LogP contribution in [0.1, 0.15) is 32.3 Å². The number of halogens is 1. The number of aliphatic imine (C=N–C) groups is 1. The first-order valence-electron chi connectivity index (χ1n) is 11.3. The monoisotopic (exact) mass is 556 g/mol. The van der Waals surface area contributed by atoms with Gasteiger partial charge in [-0.25, -0.2) is 0 Å². The van der Waals surface area contributed by atoms with Crippen LogP contribution in [0, 0.1) is 5.41 Å². The summed E-state index contributed by atoms with van der Waals surface area (Å²) in [7, 11) is 0. The van der Waals surface area contributed by atoms with E-state index in [9.17, 15) is 4.79 Å². The Hall–Kier alpha value is -3.11. The van der Waals surface area contributed by atoms with Gasteiger partial charge in [-0.05, 0) is 83.4 Å². The molecule has 1 N–H and O–H groups in total. The molecule has 35 heavy (non-hydrogen) atoms. The van der Waals surface area contributed by atoms with Crippen molar-refractivity contribution in [3.63, 3.8) is 0 Å². The number of nitrogens with zero attached hydrogens (tertiary/aromatic N) is 3. The molecule has 0 spiro atoms. The third-order valence-corrected chi connectivity index (χ3v) is 6.50. The molecule has 0 radical (unpaired) electrons. The van der Waals surface area contributed by atoms with Gasteiger partial charge in [0.15, 0.2) is 17.3 Å². The molecular formula is C25H25BrN4O4S. The Morgan fingerprint density at radius 1 is 1.11 bits per heavy atom. The molecule has 0 saturated heterocycles. The highest BCUT2D eigenvalue weighted by Gasteiger charge is 2.35. The molecule has 0 bridgehead atoms. The first kappa shape index (κ1) is 25.0. The van der Waals surface area contributed by atoms with Crippen LogP contribution >= 0.6 is 27.7 Å². The zero-order valence-electron chi connectivity index (χ0n) is 19.4. The Kier molecular flexibility index (Phi) is 8.25. The second-order valence-electron chi connectivity index (χ2n) is 7.54. The van der Waals surface area contributed by atoms with Gasteiger partial charge in [0, 0.05) is 0 Å². The third kappa shape index (κ3) is 5.94. The van der Waals surface area contributed by atoms with Crippen LogP contribution in [0.2, 0.25) is 0 Å². The largest absolute Gasteiger partial charge is 0.490 e. The first-order valence-corrected chi connectivity index (χ1v) is 12.9. The van der Waals surface area contributed by atoms with Crippen LogP contribution in [0.3, 0.4) is 0 Å². The standard InChI is InChI=1S/C25H25BrN4O4S/c1-3-8-21-29-30-23(27)18(24(31)28-25(30)35-21)13-16-14-19(26)22(20(15-16)32-4-2)34-12-11-33-17-9-6-5-7-10-17/h5-7,9-10,13-15,27H,3-4,8,11-12H2,1-2H3/b18-13-,27-23?. The Morgan fingerprint density at radius 3 is 2.63 bits per heavy atom. The lowest BCUT2D eigenvalue weighted by Crippen LogP contribution is -2.35.